The van der Waals surface area contributed by atoms with E-state index in [-0.39, 0.29) is 23.6 Å². The van der Waals surface area contributed by atoms with Crippen LogP contribution in [-0.2, 0) is 9.59 Å². The number of rotatable bonds is 6. The first kappa shape index (κ1) is 22.2. The van der Waals surface area contributed by atoms with Gasteiger partial charge in [0.1, 0.15) is 0 Å². The first-order valence-corrected chi connectivity index (χ1v) is 9.78. The summed E-state index contributed by atoms with van der Waals surface area (Å²) in [6.45, 7) is 2.81. The van der Waals surface area contributed by atoms with Crippen molar-refractivity contribution in [3.63, 3.8) is 0 Å². The Balaban J connectivity index is 1.64. The fraction of sp³-hybridized carbons (Fsp3) is 0.0833. The van der Waals surface area contributed by atoms with E-state index in [2.05, 4.69) is 21.3 Å². The second-order valence-electron chi connectivity index (χ2n) is 7.01. The number of carbonyl (C=O) groups excluding carboxylic acids is 4. The van der Waals surface area contributed by atoms with Gasteiger partial charge < -0.3 is 21.3 Å². The first-order valence-electron chi connectivity index (χ1n) is 9.78. The molecule has 0 aliphatic heterocycles. The van der Waals surface area contributed by atoms with E-state index in [0.29, 0.717) is 33.9 Å². The van der Waals surface area contributed by atoms with Gasteiger partial charge in [-0.15, -0.1) is 0 Å². The maximum absolute atomic E-state index is 12.5. The Labute approximate surface area is 185 Å². The molecule has 0 aliphatic rings. The van der Waals surface area contributed by atoms with Gasteiger partial charge in [0.05, 0.1) is 0 Å². The van der Waals surface area contributed by atoms with Gasteiger partial charge in [-0.1, -0.05) is 12.1 Å². The number of carbonyl (C=O) groups is 4. The lowest BCUT2D eigenvalue weighted by Gasteiger charge is -2.09. The Morgan fingerprint density at radius 3 is 1.12 bits per heavy atom. The number of anilines is 4. The van der Waals surface area contributed by atoms with Crippen molar-refractivity contribution in [2.75, 3.05) is 21.3 Å². The fourth-order valence-corrected chi connectivity index (χ4v) is 2.94. The zero-order chi connectivity index (χ0) is 23.1. The highest BCUT2D eigenvalue weighted by Gasteiger charge is 2.11. The minimum absolute atomic E-state index is 0.204. The van der Waals surface area contributed by atoms with Gasteiger partial charge in [0, 0.05) is 47.7 Å². The summed E-state index contributed by atoms with van der Waals surface area (Å²) in [5.41, 5.74) is 2.96. The molecule has 0 bridgehead atoms. The van der Waals surface area contributed by atoms with Crippen molar-refractivity contribution in [1.82, 2.24) is 0 Å². The van der Waals surface area contributed by atoms with E-state index >= 15 is 0 Å². The molecule has 8 heteroatoms. The van der Waals surface area contributed by atoms with Gasteiger partial charge in [0.2, 0.25) is 11.8 Å². The largest absolute Gasteiger partial charge is 0.326 e. The number of hydrogen-bond donors (Lipinski definition) is 4. The molecule has 0 fully saturated rings. The molecule has 0 radical (unpaired) electrons. The molecule has 4 amide bonds. The summed E-state index contributed by atoms with van der Waals surface area (Å²) in [5, 5.41) is 10.8. The highest BCUT2D eigenvalue weighted by Crippen LogP contribution is 2.18. The van der Waals surface area contributed by atoms with E-state index in [1.165, 1.54) is 13.8 Å². The van der Waals surface area contributed by atoms with Crippen LogP contribution in [0, 0.1) is 0 Å². The molecular formula is C24H22N4O4. The Hall–Kier alpha value is -4.46. The van der Waals surface area contributed by atoms with Gasteiger partial charge >= 0.3 is 0 Å². The number of benzene rings is 3. The molecule has 0 unspecified atom stereocenters. The lowest BCUT2D eigenvalue weighted by Crippen LogP contribution is -2.15. The van der Waals surface area contributed by atoms with Crippen LogP contribution in [0.3, 0.4) is 0 Å². The van der Waals surface area contributed by atoms with Crippen LogP contribution in [0.4, 0.5) is 22.7 Å². The number of hydrogen-bond acceptors (Lipinski definition) is 4. The minimum Gasteiger partial charge on any atom is -0.326 e. The van der Waals surface area contributed by atoms with Crippen molar-refractivity contribution < 1.29 is 19.2 Å². The second-order valence-corrected chi connectivity index (χ2v) is 7.01. The Morgan fingerprint density at radius 1 is 0.500 bits per heavy atom. The monoisotopic (exact) mass is 430 g/mol. The maximum atomic E-state index is 12.5. The van der Waals surface area contributed by atoms with E-state index in [9.17, 15) is 19.2 Å². The predicted molar refractivity (Wildman–Crippen MR) is 124 cm³/mol. The van der Waals surface area contributed by atoms with Gasteiger partial charge in [0.25, 0.3) is 11.8 Å². The van der Waals surface area contributed by atoms with Crippen molar-refractivity contribution in [3.8, 4) is 0 Å². The summed E-state index contributed by atoms with van der Waals surface area (Å²) >= 11 is 0. The molecule has 0 heterocycles. The molecule has 162 valence electrons. The highest BCUT2D eigenvalue weighted by molar-refractivity contribution is 6.07. The average Bonchev–Trinajstić information content (AvgIpc) is 2.73. The molecule has 0 aromatic heterocycles. The normalized spacial score (nSPS) is 10.1. The first-order chi connectivity index (χ1) is 15.3. The SMILES string of the molecule is CC(=O)Nc1cccc(NC(=O)c2ccc(C(=O)Nc3cccc(NC(C)=O)c3)cc2)c1. The van der Waals surface area contributed by atoms with Crippen molar-refractivity contribution in [3.05, 3.63) is 83.9 Å². The Bertz CT molecular complexity index is 1080. The van der Waals surface area contributed by atoms with Crippen LogP contribution in [-0.4, -0.2) is 23.6 Å². The summed E-state index contributed by atoms with van der Waals surface area (Å²) in [6, 6.07) is 19.8. The lowest BCUT2D eigenvalue weighted by atomic mass is 10.1. The van der Waals surface area contributed by atoms with E-state index in [1.54, 1.807) is 72.8 Å². The van der Waals surface area contributed by atoms with Crippen molar-refractivity contribution in [2.45, 2.75) is 13.8 Å². The summed E-state index contributed by atoms with van der Waals surface area (Å²) in [5.74, 6) is -1.10. The predicted octanol–water partition coefficient (Wildman–Crippen LogP) is 4.11. The van der Waals surface area contributed by atoms with Crippen LogP contribution >= 0.6 is 0 Å². The summed E-state index contributed by atoms with van der Waals surface area (Å²) < 4.78 is 0. The Morgan fingerprint density at radius 2 is 0.812 bits per heavy atom. The van der Waals surface area contributed by atoms with Crippen molar-refractivity contribution in [1.29, 1.82) is 0 Å². The maximum Gasteiger partial charge on any atom is 0.255 e. The summed E-state index contributed by atoms with van der Waals surface area (Å²) in [6.07, 6.45) is 0. The third kappa shape index (κ3) is 6.27. The molecular weight excluding hydrogens is 408 g/mol. The molecule has 0 saturated carbocycles. The van der Waals surface area contributed by atoms with Crippen molar-refractivity contribution >= 4 is 46.4 Å². The molecule has 0 spiro atoms. The molecule has 8 nitrogen and oxygen atoms in total. The molecule has 0 aliphatic carbocycles. The fourth-order valence-electron chi connectivity index (χ4n) is 2.94. The zero-order valence-corrected chi connectivity index (χ0v) is 17.6. The molecule has 3 aromatic carbocycles. The highest BCUT2D eigenvalue weighted by atomic mass is 16.2. The standard InChI is InChI=1S/C24H22N4O4/c1-15(29)25-19-5-3-7-21(13-19)27-23(31)17-9-11-18(12-10-17)24(32)28-22-8-4-6-20(14-22)26-16(2)30/h3-14H,1-2H3,(H,25,29)(H,26,30)(H,27,31)(H,28,32). The second kappa shape index (κ2) is 10.0. The third-order valence-corrected chi connectivity index (χ3v) is 4.29. The lowest BCUT2D eigenvalue weighted by molar-refractivity contribution is -0.115. The third-order valence-electron chi connectivity index (χ3n) is 4.29. The van der Waals surface area contributed by atoms with Gasteiger partial charge in [-0.3, -0.25) is 19.2 Å². The van der Waals surface area contributed by atoms with Crippen molar-refractivity contribution in [2.24, 2.45) is 0 Å². The molecule has 3 rings (SSSR count). The van der Waals surface area contributed by atoms with Gasteiger partial charge in [0.15, 0.2) is 0 Å². The van der Waals surface area contributed by atoms with Gasteiger partial charge in [-0.2, -0.15) is 0 Å². The van der Waals surface area contributed by atoms with E-state index < -0.39 is 0 Å². The van der Waals surface area contributed by atoms with Gasteiger partial charge in [-0.05, 0) is 60.7 Å². The molecule has 4 N–H and O–H groups in total. The zero-order valence-electron chi connectivity index (χ0n) is 17.6. The average molecular weight is 430 g/mol. The van der Waals surface area contributed by atoms with Crippen LogP contribution in [0.1, 0.15) is 34.6 Å². The number of amides is 4. The number of nitrogens with one attached hydrogen (secondary N) is 4. The smallest absolute Gasteiger partial charge is 0.255 e. The minimum atomic E-state index is -0.347. The van der Waals surface area contributed by atoms with E-state index in [1.807, 2.05) is 0 Å². The van der Waals surface area contributed by atoms with E-state index in [4.69, 9.17) is 0 Å². The van der Waals surface area contributed by atoms with Crippen LogP contribution in [0.5, 0.6) is 0 Å². The summed E-state index contributed by atoms with van der Waals surface area (Å²) in [4.78, 5) is 47.4. The summed E-state index contributed by atoms with van der Waals surface area (Å²) in [7, 11) is 0. The van der Waals surface area contributed by atoms with Crippen LogP contribution in [0.2, 0.25) is 0 Å². The van der Waals surface area contributed by atoms with E-state index in [0.717, 1.165) is 0 Å². The molecule has 0 atom stereocenters. The van der Waals surface area contributed by atoms with Gasteiger partial charge in [-0.25, -0.2) is 0 Å². The molecule has 32 heavy (non-hydrogen) atoms. The van der Waals surface area contributed by atoms with Crippen LogP contribution in [0.25, 0.3) is 0 Å². The van der Waals surface area contributed by atoms with Crippen LogP contribution in [0.15, 0.2) is 72.8 Å². The quantitative estimate of drug-likeness (QED) is 0.471. The topological polar surface area (TPSA) is 116 Å². The molecule has 0 saturated heterocycles. The van der Waals surface area contributed by atoms with Crippen LogP contribution < -0.4 is 21.3 Å². The Kier molecular flexibility index (Phi) is 6.97. The molecule has 3 aromatic rings.